The zero-order valence-electron chi connectivity index (χ0n) is 14.6. The van der Waals surface area contributed by atoms with Crippen molar-refractivity contribution in [1.82, 2.24) is 14.9 Å². The quantitative estimate of drug-likeness (QED) is 0.852. The van der Waals surface area contributed by atoms with Gasteiger partial charge >= 0.3 is 0 Å². The van der Waals surface area contributed by atoms with Gasteiger partial charge in [0.15, 0.2) is 11.5 Å². The predicted molar refractivity (Wildman–Crippen MR) is 96.4 cm³/mol. The zero-order valence-corrected chi connectivity index (χ0v) is 14.6. The Balaban J connectivity index is 1.43. The molecule has 1 aromatic carbocycles. The van der Waals surface area contributed by atoms with Crippen LogP contribution >= 0.6 is 0 Å². The van der Waals surface area contributed by atoms with Crippen molar-refractivity contribution in [3.05, 3.63) is 42.2 Å². The van der Waals surface area contributed by atoms with Crippen molar-refractivity contribution in [2.24, 2.45) is 0 Å². The van der Waals surface area contributed by atoms with Crippen LogP contribution in [-0.4, -0.2) is 60.8 Å². The monoisotopic (exact) mass is 340 g/mol. The van der Waals surface area contributed by atoms with Gasteiger partial charge < -0.3 is 14.4 Å². The number of methoxy groups -OCH3 is 1. The largest absolute Gasteiger partial charge is 0.493 e. The topological polar surface area (TPSA) is 50.7 Å². The van der Waals surface area contributed by atoms with E-state index in [-0.39, 0.29) is 0 Å². The SMILES string of the molecule is COc1cccc2c1OC[C@@H](N1CCCN(c3ncccn3)CC1)C2. The van der Waals surface area contributed by atoms with E-state index in [9.17, 15) is 0 Å². The minimum Gasteiger partial charge on any atom is -0.493 e. The highest BCUT2D eigenvalue weighted by molar-refractivity contribution is 5.48. The smallest absolute Gasteiger partial charge is 0.225 e. The average Bonchev–Trinajstić information content (AvgIpc) is 2.94. The molecular weight excluding hydrogens is 316 g/mol. The normalized spacial score (nSPS) is 21.2. The van der Waals surface area contributed by atoms with Crippen LogP contribution in [0.5, 0.6) is 11.5 Å². The van der Waals surface area contributed by atoms with E-state index in [0.717, 1.165) is 63.1 Å². The fourth-order valence-corrected chi connectivity index (χ4v) is 3.73. The number of fused-ring (bicyclic) bond motifs is 1. The van der Waals surface area contributed by atoms with E-state index < -0.39 is 0 Å². The van der Waals surface area contributed by atoms with Gasteiger partial charge in [0, 0.05) is 44.6 Å². The second-order valence-corrected chi connectivity index (χ2v) is 6.54. The number of anilines is 1. The molecule has 0 bridgehead atoms. The number of nitrogens with zero attached hydrogens (tertiary/aromatic N) is 4. The van der Waals surface area contributed by atoms with Crippen molar-refractivity contribution in [2.75, 3.05) is 44.8 Å². The van der Waals surface area contributed by atoms with Crippen molar-refractivity contribution in [2.45, 2.75) is 18.9 Å². The van der Waals surface area contributed by atoms with Crippen LogP contribution in [0.4, 0.5) is 5.95 Å². The molecule has 3 heterocycles. The van der Waals surface area contributed by atoms with E-state index in [1.165, 1.54) is 5.56 Å². The Morgan fingerprint density at radius 3 is 2.80 bits per heavy atom. The van der Waals surface area contributed by atoms with E-state index >= 15 is 0 Å². The summed E-state index contributed by atoms with van der Waals surface area (Å²) in [6, 6.07) is 8.42. The van der Waals surface area contributed by atoms with Crippen LogP contribution in [0.2, 0.25) is 0 Å². The van der Waals surface area contributed by atoms with Crippen LogP contribution in [-0.2, 0) is 6.42 Å². The summed E-state index contributed by atoms with van der Waals surface area (Å²) in [4.78, 5) is 13.6. The van der Waals surface area contributed by atoms with Crippen LogP contribution in [0.3, 0.4) is 0 Å². The van der Waals surface area contributed by atoms with Crippen LogP contribution in [0.25, 0.3) is 0 Å². The van der Waals surface area contributed by atoms with Crippen molar-refractivity contribution < 1.29 is 9.47 Å². The van der Waals surface area contributed by atoms with Gasteiger partial charge in [0.05, 0.1) is 7.11 Å². The third kappa shape index (κ3) is 3.39. The lowest BCUT2D eigenvalue weighted by Crippen LogP contribution is -2.45. The van der Waals surface area contributed by atoms with Gasteiger partial charge in [-0.3, -0.25) is 4.90 Å². The van der Waals surface area contributed by atoms with Crippen LogP contribution in [0.1, 0.15) is 12.0 Å². The lowest BCUT2D eigenvalue weighted by atomic mass is 10.0. The highest BCUT2D eigenvalue weighted by Gasteiger charge is 2.28. The molecule has 0 aliphatic carbocycles. The molecule has 6 nitrogen and oxygen atoms in total. The summed E-state index contributed by atoms with van der Waals surface area (Å²) < 4.78 is 11.5. The maximum atomic E-state index is 6.06. The van der Waals surface area contributed by atoms with Gasteiger partial charge in [0.2, 0.25) is 5.95 Å². The van der Waals surface area contributed by atoms with Crippen molar-refractivity contribution in [1.29, 1.82) is 0 Å². The van der Waals surface area contributed by atoms with Gasteiger partial charge in [-0.2, -0.15) is 0 Å². The van der Waals surface area contributed by atoms with E-state index in [1.807, 2.05) is 30.6 Å². The first-order valence-electron chi connectivity index (χ1n) is 8.90. The maximum absolute atomic E-state index is 6.06. The van der Waals surface area contributed by atoms with Crippen LogP contribution in [0, 0.1) is 0 Å². The molecule has 4 rings (SSSR count). The second kappa shape index (κ2) is 7.27. The molecular formula is C19H24N4O2. The number of hydrogen-bond donors (Lipinski definition) is 0. The van der Waals surface area contributed by atoms with Crippen molar-refractivity contribution in [3.63, 3.8) is 0 Å². The Kier molecular flexibility index (Phi) is 4.70. The Hall–Kier alpha value is -2.34. The van der Waals surface area contributed by atoms with Crippen LogP contribution < -0.4 is 14.4 Å². The summed E-state index contributed by atoms with van der Waals surface area (Å²) >= 11 is 0. The first kappa shape index (κ1) is 16.1. The van der Waals surface area contributed by atoms with Crippen molar-refractivity contribution >= 4 is 5.95 Å². The molecule has 1 aromatic heterocycles. The van der Waals surface area contributed by atoms with E-state index in [2.05, 4.69) is 25.8 Å². The lowest BCUT2D eigenvalue weighted by molar-refractivity contribution is 0.123. The number of hydrogen-bond acceptors (Lipinski definition) is 6. The summed E-state index contributed by atoms with van der Waals surface area (Å²) in [7, 11) is 1.69. The first-order valence-corrected chi connectivity index (χ1v) is 8.90. The first-order chi connectivity index (χ1) is 12.3. The molecule has 132 valence electrons. The number of para-hydroxylation sites is 1. The molecule has 6 heteroatoms. The van der Waals surface area contributed by atoms with E-state index in [4.69, 9.17) is 9.47 Å². The molecule has 0 amide bonds. The summed E-state index contributed by atoms with van der Waals surface area (Å²) in [6.45, 7) is 4.75. The number of aromatic nitrogens is 2. The molecule has 0 radical (unpaired) electrons. The fraction of sp³-hybridized carbons (Fsp3) is 0.474. The summed E-state index contributed by atoms with van der Waals surface area (Å²) in [5.74, 6) is 2.58. The highest BCUT2D eigenvalue weighted by atomic mass is 16.5. The Morgan fingerprint density at radius 1 is 1.08 bits per heavy atom. The van der Waals surface area contributed by atoms with E-state index in [1.54, 1.807) is 7.11 Å². The molecule has 0 saturated carbocycles. The lowest BCUT2D eigenvalue weighted by Gasteiger charge is -2.34. The van der Waals surface area contributed by atoms with Crippen LogP contribution in [0.15, 0.2) is 36.7 Å². The molecule has 1 saturated heterocycles. The maximum Gasteiger partial charge on any atom is 0.225 e. The third-order valence-electron chi connectivity index (χ3n) is 5.04. The molecule has 0 N–H and O–H groups in total. The summed E-state index contributed by atoms with van der Waals surface area (Å²) in [6.07, 6.45) is 5.74. The zero-order chi connectivity index (χ0) is 17.1. The summed E-state index contributed by atoms with van der Waals surface area (Å²) in [5.41, 5.74) is 1.24. The minimum atomic E-state index is 0.413. The molecule has 25 heavy (non-hydrogen) atoms. The number of benzene rings is 1. The molecule has 2 aromatic rings. The van der Waals surface area contributed by atoms with Gasteiger partial charge in [-0.1, -0.05) is 12.1 Å². The standard InChI is InChI=1S/C19H24N4O2/c1-24-17-6-2-5-15-13-16(14-25-18(15)17)22-9-4-10-23(12-11-22)19-20-7-3-8-21-19/h2-3,5-8,16H,4,9-14H2,1H3/t16-/m0/s1. The third-order valence-corrected chi connectivity index (χ3v) is 5.04. The molecule has 0 unspecified atom stereocenters. The second-order valence-electron chi connectivity index (χ2n) is 6.54. The fourth-order valence-electron chi connectivity index (χ4n) is 3.73. The van der Waals surface area contributed by atoms with E-state index in [0.29, 0.717) is 6.04 Å². The van der Waals surface area contributed by atoms with Crippen molar-refractivity contribution in [3.8, 4) is 11.5 Å². The Bertz CT molecular complexity index is 710. The molecule has 0 spiro atoms. The predicted octanol–water partition coefficient (Wildman–Crippen LogP) is 2.00. The number of rotatable bonds is 3. The number of ether oxygens (including phenoxy) is 2. The summed E-state index contributed by atoms with van der Waals surface area (Å²) in [5, 5.41) is 0. The molecule has 2 aliphatic heterocycles. The van der Waals surface area contributed by atoms with Gasteiger partial charge in [0.1, 0.15) is 6.61 Å². The Labute approximate surface area is 148 Å². The van der Waals surface area contributed by atoms with Gasteiger partial charge in [-0.25, -0.2) is 9.97 Å². The van der Waals surface area contributed by atoms with Gasteiger partial charge in [-0.05, 0) is 30.5 Å². The highest BCUT2D eigenvalue weighted by Crippen LogP contribution is 2.35. The molecule has 2 aliphatic rings. The molecule has 1 atom stereocenters. The average molecular weight is 340 g/mol. The Morgan fingerprint density at radius 2 is 1.96 bits per heavy atom. The minimum absolute atomic E-state index is 0.413. The van der Waals surface area contributed by atoms with Gasteiger partial charge in [0.25, 0.3) is 0 Å². The van der Waals surface area contributed by atoms with Gasteiger partial charge in [-0.15, -0.1) is 0 Å². The molecule has 1 fully saturated rings.